The van der Waals surface area contributed by atoms with Gasteiger partial charge in [-0.25, -0.2) is 4.39 Å². The number of nitrogens with one attached hydrogen (secondary N) is 2. The van der Waals surface area contributed by atoms with Gasteiger partial charge in [0.25, 0.3) is 5.69 Å². The Morgan fingerprint density at radius 3 is 2.73 bits per heavy atom. The molecule has 0 unspecified atom stereocenters. The van der Waals surface area contributed by atoms with E-state index in [4.69, 9.17) is 0 Å². The van der Waals surface area contributed by atoms with Crippen LogP contribution in [0.2, 0.25) is 0 Å². The quantitative estimate of drug-likeness (QED) is 0.656. The maximum absolute atomic E-state index is 13.0. The second-order valence-electron chi connectivity index (χ2n) is 4.67. The van der Waals surface area contributed by atoms with Crippen molar-refractivity contribution in [3.05, 3.63) is 64.0 Å². The first-order chi connectivity index (χ1) is 10.5. The molecule has 0 aliphatic carbocycles. The van der Waals surface area contributed by atoms with Gasteiger partial charge in [-0.05, 0) is 36.8 Å². The zero-order chi connectivity index (χ0) is 16.1. The van der Waals surface area contributed by atoms with E-state index in [9.17, 15) is 19.3 Å². The first kappa shape index (κ1) is 15.4. The van der Waals surface area contributed by atoms with Crippen LogP contribution in [0.3, 0.4) is 0 Å². The summed E-state index contributed by atoms with van der Waals surface area (Å²) in [7, 11) is 0. The highest BCUT2D eigenvalue weighted by Gasteiger charge is 2.08. The van der Waals surface area contributed by atoms with E-state index in [0.717, 1.165) is 0 Å². The normalized spacial score (nSPS) is 10.1. The summed E-state index contributed by atoms with van der Waals surface area (Å²) in [6.07, 6.45) is 0. The molecule has 1 amide bonds. The minimum Gasteiger partial charge on any atom is -0.376 e. The highest BCUT2D eigenvalue weighted by molar-refractivity contribution is 5.94. The number of aryl methyl sites for hydroxylation is 1. The van der Waals surface area contributed by atoms with Crippen molar-refractivity contribution < 1.29 is 14.1 Å². The van der Waals surface area contributed by atoms with Gasteiger partial charge in [0.05, 0.1) is 11.5 Å². The molecule has 0 aromatic heterocycles. The topological polar surface area (TPSA) is 84.3 Å². The lowest BCUT2D eigenvalue weighted by atomic mass is 10.2. The van der Waals surface area contributed by atoms with E-state index in [0.29, 0.717) is 16.9 Å². The van der Waals surface area contributed by atoms with Gasteiger partial charge in [-0.2, -0.15) is 0 Å². The molecule has 0 spiro atoms. The van der Waals surface area contributed by atoms with Gasteiger partial charge in [-0.15, -0.1) is 0 Å². The molecule has 0 heterocycles. The SMILES string of the molecule is Cc1cc(F)ccc1NCC(=O)Nc1cccc([N+](=O)[O-])c1. The summed E-state index contributed by atoms with van der Waals surface area (Å²) >= 11 is 0. The zero-order valence-electron chi connectivity index (χ0n) is 11.8. The number of hydrogen-bond donors (Lipinski definition) is 2. The molecule has 2 aromatic rings. The Labute approximate surface area is 126 Å². The average molecular weight is 303 g/mol. The van der Waals surface area contributed by atoms with Crippen LogP contribution in [-0.2, 0) is 4.79 Å². The zero-order valence-corrected chi connectivity index (χ0v) is 11.8. The number of carbonyl (C=O) groups is 1. The highest BCUT2D eigenvalue weighted by Crippen LogP contribution is 2.17. The molecule has 0 aliphatic rings. The minimum atomic E-state index is -0.532. The van der Waals surface area contributed by atoms with Crippen molar-refractivity contribution in [3.63, 3.8) is 0 Å². The maximum atomic E-state index is 13.0. The third kappa shape index (κ3) is 4.02. The van der Waals surface area contributed by atoms with Crippen LogP contribution in [0.5, 0.6) is 0 Å². The van der Waals surface area contributed by atoms with Crippen molar-refractivity contribution in [1.82, 2.24) is 0 Å². The Kier molecular flexibility index (Phi) is 4.67. The van der Waals surface area contributed by atoms with Crippen LogP contribution < -0.4 is 10.6 Å². The first-order valence-corrected chi connectivity index (χ1v) is 6.50. The number of anilines is 2. The second kappa shape index (κ2) is 6.66. The standard InChI is InChI=1S/C15H14FN3O3/c1-10-7-11(16)5-6-14(10)17-9-15(20)18-12-3-2-4-13(8-12)19(21)22/h2-8,17H,9H2,1H3,(H,18,20). The van der Waals surface area contributed by atoms with Crippen LogP contribution in [0.1, 0.15) is 5.56 Å². The minimum absolute atomic E-state index is 0.0326. The molecule has 2 rings (SSSR count). The van der Waals surface area contributed by atoms with Gasteiger partial charge >= 0.3 is 0 Å². The van der Waals surface area contributed by atoms with E-state index in [1.54, 1.807) is 19.1 Å². The van der Waals surface area contributed by atoms with Gasteiger partial charge in [-0.1, -0.05) is 6.07 Å². The molecule has 7 heteroatoms. The molecule has 0 bridgehead atoms. The number of nitro groups is 1. The van der Waals surface area contributed by atoms with E-state index in [1.807, 2.05) is 0 Å². The van der Waals surface area contributed by atoms with Crippen LogP contribution in [0.25, 0.3) is 0 Å². The number of amides is 1. The van der Waals surface area contributed by atoms with Crippen LogP contribution in [-0.4, -0.2) is 17.4 Å². The smallest absolute Gasteiger partial charge is 0.271 e. The predicted molar refractivity (Wildman–Crippen MR) is 81.4 cm³/mol. The van der Waals surface area contributed by atoms with Crippen LogP contribution in [0.4, 0.5) is 21.5 Å². The van der Waals surface area contributed by atoms with Crippen molar-refractivity contribution in [3.8, 4) is 0 Å². The Balaban J connectivity index is 1.95. The summed E-state index contributed by atoms with van der Waals surface area (Å²) in [5.41, 5.74) is 1.58. The van der Waals surface area contributed by atoms with Crippen molar-refractivity contribution in [2.45, 2.75) is 6.92 Å². The van der Waals surface area contributed by atoms with E-state index in [1.165, 1.54) is 30.3 Å². The van der Waals surface area contributed by atoms with Crippen molar-refractivity contribution in [2.24, 2.45) is 0 Å². The Morgan fingerprint density at radius 1 is 1.27 bits per heavy atom. The molecule has 0 fully saturated rings. The fourth-order valence-electron chi connectivity index (χ4n) is 1.90. The lowest BCUT2D eigenvalue weighted by Crippen LogP contribution is -2.22. The number of rotatable bonds is 5. The van der Waals surface area contributed by atoms with E-state index < -0.39 is 4.92 Å². The lowest BCUT2D eigenvalue weighted by Gasteiger charge is -2.10. The summed E-state index contributed by atoms with van der Waals surface area (Å²) in [5.74, 6) is -0.701. The van der Waals surface area contributed by atoms with E-state index in [2.05, 4.69) is 10.6 Å². The molecule has 6 nitrogen and oxygen atoms in total. The first-order valence-electron chi connectivity index (χ1n) is 6.50. The molecular weight excluding hydrogens is 289 g/mol. The Bertz CT molecular complexity index is 719. The number of hydrogen-bond acceptors (Lipinski definition) is 4. The van der Waals surface area contributed by atoms with Crippen LogP contribution >= 0.6 is 0 Å². The molecule has 22 heavy (non-hydrogen) atoms. The molecule has 114 valence electrons. The molecule has 2 N–H and O–H groups in total. The van der Waals surface area contributed by atoms with Crippen molar-refractivity contribution in [1.29, 1.82) is 0 Å². The Hall–Kier alpha value is -2.96. The number of nitrogens with zero attached hydrogens (tertiary/aromatic N) is 1. The monoisotopic (exact) mass is 303 g/mol. The van der Waals surface area contributed by atoms with Gasteiger partial charge < -0.3 is 10.6 Å². The summed E-state index contributed by atoms with van der Waals surface area (Å²) in [4.78, 5) is 22.0. The number of non-ortho nitro benzene ring substituents is 1. The Morgan fingerprint density at radius 2 is 2.05 bits per heavy atom. The number of carbonyl (C=O) groups excluding carboxylic acids is 1. The highest BCUT2D eigenvalue weighted by atomic mass is 19.1. The van der Waals surface area contributed by atoms with Gasteiger partial charge in [0.15, 0.2) is 0 Å². The fraction of sp³-hybridized carbons (Fsp3) is 0.133. The van der Waals surface area contributed by atoms with Crippen molar-refractivity contribution >= 4 is 23.0 Å². The molecule has 0 atom stereocenters. The molecule has 0 radical (unpaired) electrons. The summed E-state index contributed by atoms with van der Waals surface area (Å²) in [6, 6.07) is 9.88. The van der Waals surface area contributed by atoms with Gasteiger partial charge in [0.1, 0.15) is 5.82 Å². The summed E-state index contributed by atoms with van der Waals surface area (Å²) in [6.45, 7) is 1.69. The number of nitro benzene ring substituents is 1. The second-order valence-corrected chi connectivity index (χ2v) is 4.67. The summed E-state index contributed by atoms with van der Waals surface area (Å²) < 4.78 is 13.0. The number of halogens is 1. The lowest BCUT2D eigenvalue weighted by molar-refractivity contribution is -0.384. The van der Waals surface area contributed by atoms with E-state index >= 15 is 0 Å². The molecule has 0 aliphatic heterocycles. The molecule has 0 saturated carbocycles. The average Bonchev–Trinajstić information content (AvgIpc) is 2.46. The largest absolute Gasteiger partial charge is 0.376 e. The van der Waals surface area contributed by atoms with Crippen molar-refractivity contribution in [2.75, 3.05) is 17.2 Å². The number of benzene rings is 2. The predicted octanol–water partition coefficient (Wildman–Crippen LogP) is 3.09. The van der Waals surface area contributed by atoms with Gasteiger partial charge in [0.2, 0.25) is 5.91 Å². The third-order valence-corrected chi connectivity index (χ3v) is 2.97. The maximum Gasteiger partial charge on any atom is 0.271 e. The molecular formula is C15H14FN3O3. The fourth-order valence-corrected chi connectivity index (χ4v) is 1.90. The van der Waals surface area contributed by atoms with Gasteiger partial charge in [-0.3, -0.25) is 14.9 Å². The van der Waals surface area contributed by atoms with E-state index in [-0.39, 0.29) is 24.0 Å². The summed E-state index contributed by atoms with van der Waals surface area (Å²) in [5, 5.41) is 16.1. The van der Waals surface area contributed by atoms with Gasteiger partial charge in [0, 0.05) is 23.5 Å². The molecule has 0 saturated heterocycles. The molecule has 2 aromatic carbocycles. The van der Waals surface area contributed by atoms with Crippen LogP contribution in [0, 0.1) is 22.9 Å². The van der Waals surface area contributed by atoms with Crippen LogP contribution in [0.15, 0.2) is 42.5 Å². The third-order valence-electron chi connectivity index (χ3n) is 2.97.